The molecule has 0 amide bonds. The van der Waals surface area contributed by atoms with Crippen molar-refractivity contribution in [1.82, 2.24) is 5.32 Å². The monoisotopic (exact) mass is 311 g/mol. The van der Waals surface area contributed by atoms with E-state index >= 15 is 0 Å². The molecule has 0 aliphatic rings. The van der Waals surface area contributed by atoms with Crippen molar-refractivity contribution in [3.8, 4) is 5.75 Å². The second-order valence-electron chi connectivity index (χ2n) is 4.61. The van der Waals surface area contributed by atoms with Crippen molar-refractivity contribution in [2.45, 2.75) is 20.1 Å². The summed E-state index contributed by atoms with van der Waals surface area (Å²) >= 11 is 5.70. The molecule has 0 bridgehead atoms. The fourth-order valence-corrected chi connectivity index (χ4v) is 2.07. The Morgan fingerprint density at radius 2 is 1.90 bits per heavy atom. The lowest BCUT2D eigenvalue weighted by molar-refractivity contribution is 0.304. The zero-order valence-corrected chi connectivity index (χ0v) is 12.4. The van der Waals surface area contributed by atoms with Gasteiger partial charge >= 0.3 is 0 Å². The maximum absolute atomic E-state index is 13.5. The molecule has 0 saturated heterocycles. The Morgan fingerprint density at radius 3 is 2.62 bits per heavy atom. The van der Waals surface area contributed by atoms with E-state index in [-0.39, 0.29) is 17.4 Å². The van der Waals surface area contributed by atoms with Crippen LogP contribution in [0, 0.1) is 11.6 Å². The maximum atomic E-state index is 13.5. The number of nitrogens with one attached hydrogen (secondary N) is 1. The highest BCUT2D eigenvalue weighted by atomic mass is 35.5. The average Bonchev–Trinajstić information content (AvgIpc) is 2.46. The van der Waals surface area contributed by atoms with Crippen LogP contribution in [0.2, 0.25) is 5.02 Å². The third-order valence-electron chi connectivity index (χ3n) is 2.90. The molecule has 0 unspecified atom stereocenters. The second-order valence-corrected chi connectivity index (χ2v) is 5.02. The number of halogens is 3. The van der Waals surface area contributed by atoms with Crippen molar-refractivity contribution in [2.24, 2.45) is 0 Å². The first-order valence-electron chi connectivity index (χ1n) is 6.65. The molecule has 21 heavy (non-hydrogen) atoms. The van der Waals surface area contributed by atoms with Crippen LogP contribution in [-0.2, 0) is 13.2 Å². The zero-order valence-electron chi connectivity index (χ0n) is 11.6. The molecule has 0 aliphatic heterocycles. The van der Waals surface area contributed by atoms with Gasteiger partial charge in [-0.05, 0) is 41.9 Å². The minimum Gasteiger partial charge on any atom is -0.489 e. The van der Waals surface area contributed by atoms with Gasteiger partial charge in [0.2, 0.25) is 0 Å². The van der Waals surface area contributed by atoms with E-state index in [1.165, 1.54) is 24.3 Å². The van der Waals surface area contributed by atoms with Crippen LogP contribution in [-0.4, -0.2) is 6.54 Å². The van der Waals surface area contributed by atoms with Crippen molar-refractivity contribution in [1.29, 1.82) is 0 Å². The molecule has 2 rings (SSSR count). The molecule has 0 spiro atoms. The number of hydrogen-bond donors (Lipinski definition) is 1. The van der Waals surface area contributed by atoms with E-state index in [9.17, 15) is 8.78 Å². The molecule has 0 fully saturated rings. The molecule has 0 radical (unpaired) electrons. The Morgan fingerprint density at radius 1 is 1.10 bits per heavy atom. The van der Waals surface area contributed by atoms with Gasteiger partial charge in [0, 0.05) is 12.6 Å². The summed E-state index contributed by atoms with van der Waals surface area (Å²) in [4.78, 5) is 0. The molecule has 5 heteroatoms. The molecule has 0 atom stereocenters. The third kappa shape index (κ3) is 4.69. The van der Waals surface area contributed by atoms with Crippen LogP contribution in [0.15, 0.2) is 36.4 Å². The van der Waals surface area contributed by atoms with Gasteiger partial charge in [-0.2, -0.15) is 0 Å². The summed E-state index contributed by atoms with van der Waals surface area (Å²) in [5.41, 5.74) is 1.53. The summed E-state index contributed by atoms with van der Waals surface area (Å²) in [6.07, 6.45) is 0. The zero-order chi connectivity index (χ0) is 15.2. The highest BCUT2D eigenvalue weighted by molar-refractivity contribution is 6.30. The SMILES string of the molecule is CCNCc1cc(F)cc(OCc2ccc(F)c(Cl)c2)c1. The van der Waals surface area contributed by atoms with E-state index < -0.39 is 5.82 Å². The highest BCUT2D eigenvalue weighted by Gasteiger charge is 2.04. The molecule has 0 saturated carbocycles. The minimum absolute atomic E-state index is 0.0446. The fourth-order valence-electron chi connectivity index (χ4n) is 1.87. The van der Waals surface area contributed by atoms with Crippen LogP contribution in [0.3, 0.4) is 0 Å². The molecule has 0 heterocycles. The van der Waals surface area contributed by atoms with E-state index in [0.717, 1.165) is 17.7 Å². The summed E-state index contributed by atoms with van der Waals surface area (Å²) in [5.74, 6) is -0.389. The van der Waals surface area contributed by atoms with Gasteiger partial charge in [-0.25, -0.2) is 8.78 Å². The van der Waals surface area contributed by atoms with Crippen molar-refractivity contribution < 1.29 is 13.5 Å². The normalized spacial score (nSPS) is 10.7. The van der Waals surface area contributed by atoms with E-state index in [1.807, 2.05) is 6.92 Å². The van der Waals surface area contributed by atoms with Gasteiger partial charge in [-0.1, -0.05) is 24.6 Å². The summed E-state index contributed by atoms with van der Waals surface area (Å²) in [7, 11) is 0. The van der Waals surface area contributed by atoms with Crippen LogP contribution < -0.4 is 10.1 Å². The van der Waals surface area contributed by atoms with Crippen molar-refractivity contribution in [3.63, 3.8) is 0 Å². The first-order valence-corrected chi connectivity index (χ1v) is 7.03. The highest BCUT2D eigenvalue weighted by Crippen LogP contribution is 2.20. The van der Waals surface area contributed by atoms with E-state index in [4.69, 9.17) is 16.3 Å². The van der Waals surface area contributed by atoms with E-state index in [1.54, 1.807) is 12.1 Å². The quantitative estimate of drug-likeness (QED) is 0.858. The number of hydrogen-bond acceptors (Lipinski definition) is 2. The predicted molar refractivity (Wildman–Crippen MR) is 79.5 cm³/mol. The van der Waals surface area contributed by atoms with Crippen molar-refractivity contribution in [2.75, 3.05) is 6.54 Å². The van der Waals surface area contributed by atoms with Crippen LogP contribution in [0.1, 0.15) is 18.1 Å². The average molecular weight is 312 g/mol. The number of rotatable bonds is 6. The van der Waals surface area contributed by atoms with Crippen LogP contribution in [0.4, 0.5) is 8.78 Å². The minimum atomic E-state index is -0.473. The lowest BCUT2D eigenvalue weighted by Gasteiger charge is -2.09. The van der Waals surface area contributed by atoms with E-state index in [0.29, 0.717) is 12.3 Å². The number of benzene rings is 2. The summed E-state index contributed by atoms with van der Waals surface area (Å²) in [5, 5.41) is 3.17. The molecule has 2 aromatic carbocycles. The third-order valence-corrected chi connectivity index (χ3v) is 3.19. The van der Waals surface area contributed by atoms with Gasteiger partial charge in [-0.15, -0.1) is 0 Å². The van der Waals surface area contributed by atoms with Gasteiger partial charge in [0.15, 0.2) is 0 Å². The van der Waals surface area contributed by atoms with Gasteiger partial charge in [0.1, 0.15) is 24.0 Å². The molecular formula is C16H16ClF2NO. The van der Waals surface area contributed by atoms with Crippen LogP contribution in [0.5, 0.6) is 5.75 Å². The topological polar surface area (TPSA) is 21.3 Å². The molecule has 0 aromatic heterocycles. The lowest BCUT2D eigenvalue weighted by atomic mass is 10.2. The van der Waals surface area contributed by atoms with Gasteiger partial charge in [0.05, 0.1) is 5.02 Å². The van der Waals surface area contributed by atoms with Crippen molar-refractivity contribution in [3.05, 3.63) is 64.2 Å². The Hall–Kier alpha value is -1.65. The molecule has 2 aromatic rings. The summed E-state index contributed by atoms with van der Waals surface area (Å²) in [6, 6.07) is 8.92. The van der Waals surface area contributed by atoms with Crippen LogP contribution >= 0.6 is 11.6 Å². The van der Waals surface area contributed by atoms with Crippen LogP contribution in [0.25, 0.3) is 0 Å². The van der Waals surface area contributed by atoms with Gasteiger partial charge in [-0.3, -0.25) is 0 Å². The smallest absolute Gasteiger partial charge is 0.141 e. The fraction of sp³-hybridized carbons (Fsp3) is 0.250. The molecule has 1 N–H and O–H groups in total. The van der Waals surface area contributed by atoms with Gasteiger partial charge < -0.3 is 10.1 Å². The Bertz CT molecular complexity index is 619. The molecular weight excluding hydrogens is 296 g/mol. The predicted octanol–water partition coefficient (Wildman–Crippen LogP) is 4.31. The maximum Gasteiger partial charge on any atom is 0.141 e. The summed E-state index contributed by atoms with van der Waals surface area (Å²) in [6.45, 7) is 3.56. The lowest BCUT2D eigenvalue weighted by Crippen LogP contribution is -2.12. The Labute approximate surface area is 127 Å². The second kappa shape index (κ2) is 7.38. The Balaban J connectivity index is 2.05. The molecule has 2 nitrogen and oxygen atoms in total. The number of ether oxygens (including phenoxy) is 1. The van der Waals surface area contributed by atoms with E-state index in [2.05, 4.69) is 5.32 Å². The molecule has 0 aliphatic carbocycles. The largest absolute Gasteiger partial charge is 0.489 e. The first kappa shape index (κ1) is 15.7. The molecule has 112 valence electrons. The standard InChI is InChI=1S/C16H16ClF2NO/c1-2-20-9-12-5-13(18)8-14(6-12)21-10-11-3-4-16(19)15(17)7-11/h3-8,20H,2,9-10H2,1H3. The summed E-state index contributed by atoms with van der Waals surface area (Å²) < 4.78 is 32.1. The Kier molecular flexibility index (Phi) is 5.53. The van der Waals surface area contributed by atoms with Crippen molar-refractivity contribution >= 4 is 11.6 Å². The van der Waals surface area contributed by atoms with Gasteiger partial charge in [0.25, 0.3) is 0 Å². The first-order chi connectivity index (χ1) is 10.1.